The van der Waals surface area contributed by atoms with Gasteiger partial charge in [-0.15, -0.1) is 0 Å². The first-order valence-corrected chi connectivity index (χ1v) is 11.3. The largest absolute Gasteiger partial charge is 0.506 e. The number of carbonyl (C=O) groups excluding carboxylic acids is 2. The third-order valence-electron chi connectivity index (χ3n) is 4.55. The van der Waals surface area contributed by atoms with E-state index < -0.39 is 52.1 Å². The van der Waals surface area contributed by atoms with E-state index in [2.05, 4.69) is 9.97 Å². The van der Waals surface area contributed by atoms with Gasteiger partial charge in [-0.05, 0) is 26.2 Å². The summed E-state index contributed by atoms with van der Waals surface area (Å²) in [5, 5.41) is 10.2. The number of hydrogen-bond acceptors (Lipinski definition) is 8. The molecule has 3 rings (SSSR count). The number of phenolic OH excluding ortho intramolecular Hbond substituents is 1. The molecule has 1 fully saturated rings. The Morgan fingerprint density at radius 2 is 2.06 bits per heavy atom. The molecule has 0 radical (unpaired) electrons. The standard InChI is InChI=1S/C19H24FN5O6S/c1-10(2)5-6-24(19(28)31-11(3)4)14-8-21-12-7-13(26)18(16(20)17(12)22-14)25-9-15(27)23-32(25,29)30/h7-8,10-11,26H,5-6,9H2,1-4H3,(H,23,27). The highest BCUT2D eigenvalue weighted by Crippen LogP contribution is 2.37. The first kappa shape index (κ1) is 23.4. The molecular weight excluding hydrogens is 445 g/mol. The number of hydrogen-bond donors (Lipinski definition) is 2. The lowest BCUT2D eigenvalue weighted by atomic mass is 10.1. The predicted octanol–water partition coefficient (Wildman–Crippen LogP) is 2.05. The molecule has 1 aliphatic heterocycles. The fourth-order valence-corrected chi connectivity index (χ4v) is 4.21. The van der Waals surface area contributed by atoms with Gasteiger partial charge in [-0.1, -0.05) is 13.8 Å². The quantitative estimate of drug-likeness (QED) is 0.655. The van der Waals surface area contributed by atoms with E-state index in [4.69, 9.17) is 4.74 Å². The summed E-state index contributed by atoms with van der Waals surface area (Å²) in [7, 11) is -4.37. The van der Waals surface area contributed by atoms with Gasteiger partial charge in [0.25, 0.3) is 5.91 Å². The van der Waals surface area contributed by atoms with Crippen LogP contribution in [0.25, 0.3) is 11.0 Å². The van der Waals surface area contributed by atoms with E-state index in [0.717, 1.165) is 6.07 Å². The molecule has 0 spiro atoms. The molecule has 32 heavy (non-hydrogen) atoms. The van der Waals surface area contributed by atoms with E-state index in [1.54, 1.807) is 18.6 Å². The van der Waals surface area contributed by atoms with E-state index in [9.17, 15) is 23.1 Å². The number of rotatable bonds is 6. The summed E-state index contributed by atoms with van der Waals surface area (Å²) >= 11 is 0. The molecular formula is C19H24FN5O6S. The second-order valence-electron chi connectivity index (χ2n) is 7.96. The Bertz CT molecular complexity index is 1170. The number of aromatic nitrogens is 2. The lowest BCUT2D eigenvalue weighted by Gasteiger charge is -2.23. The zero-order valence-corrected chi connectivity index (χ0v) is 18.8. The minimum atomic E-state index is -4.37. The van der Waals surface area contributed by atoms with E-state index in [1.165, 1.54) is 11.1 Å². The molecule has 1 aromatic carbocycles. The van der Waals surface area contributed by atoms with Crippen molar-refractivity contribution >= 4 is 44.7 Å². The molecule has 0 aliphatic carbocycles. The van der Waals surface area contributed by atoms with E-state index >= 15 is 4.39 Å². The normalized spacial score (nSPS) is 15.5. The number of carbonyl (C=O) groups is 2. The van der Waals surface area contributed by atoms with E-state index in [-0.39, 0.29) is 29.3 Å². The van der Waals surface area contributed by atoms with Crippen molar-refractivity contribution in [3.63, 3.8) is 0 Å². The summed E-state index contributed by atoms with van der Waals surface area (Å²) in [6, 6.07) is 1.04. The number of aromatic hydroxyl groups is 1. The summed E-state index contributed by atoms with van der Waals surface area (Å²) in [4.78, 5) is 33.6. The van der Waals surface area contributed by atoms with Gasteiger partial charge in [0, 0.05) is 12.6 Å². The number of anilines is 2. The average molecular weight is 469 g/mol. The van der Waals surface area contributed by atoms with Crippen LogP contribution in [0.4, 0.5) is 20.7 Å². The van der Waals surface area contributed by atoms with Gasteiger partial charge < -0.3 is 9.84 Å². The third-order valence-corrected chi connectivity index (χ3v) is 5.93. The summed E-state index contributed by atoms with van der Waals surface area (Å²) < 4.78 is 47.0. The zero-order valence-electron chi connectivity index (χ0n) is 18.0. The smallest absolute Gasteiger partial charge is 0.415 e. The van der Waals surface area contributed by atoms with Gasteiger partial charge in [-0.25, -0.2) is 23.2 Å². The van der Waals surface area contributed by atoms with Crippen molar-refractivity contribution in [3.8, 4) is 5.75 Å². The van der Waals surface area contributed by atoms with E-state index in [1.807, 2.05) is 13.8 Å². The second-order valence-corrected chi connectivity index (χ2v) is 9.55. The molecule has 1 aromatic heterocycles. The van der Waals surface area contributed by atoms with Crippen LogP contribution in [0.15, 0.2) is 12.3 Å². The second kappa shape index (κ2) is 8.73. The Hall–Kier alpha value is -3.22. The van der Waals surface area contributed by atoms with Crippen LogP contribution >= 0.6 is 0 Å². The molecule has 0 atom stereocenters. The van der Waals surface area contributed by atoms with Gasteiger partial charge in [-0.2, -0.15) is 8.42 Å². The summed E-state index contributed by atoms with van der Waals surface area (Å²) in [5.41, 5.74) is -1.18. The Morgan fingerprint density at radius 3 is 2.62 bits per heavy atom. The highest BCUT2D eigenvalue weighted by molar-refractivity contribution is 7.92. The molecule has 1 saturated heterocycles. The molecule has 2 aromatic rings. The molecule has 11 nitrogen and oxygen atoms in total. The Kier molecular flexibility index (Phi) is 6.39. The van der Waals surface area contributed by atoms with Crippen molar-refractivity contribution in [2.75, 3.05) is 22.3 Å². The zero-order chi connectivity index (χ0) is 23.8. The van der Waals surface area contributed by atoms with Crippen molar-refractivity contribution in [2.45, 2.75) is 40.2 Å². The minimum absolute atomic E-state index is 0.00202. The number of ether oxygens (including phenoxy) is 1. The SMILES string of the molecule is CC(C)CCN(C(=O)OC(C)C)c1cnc2cc(O)c(N3CC(=O)NS3(=O)=O)c(F)c2n1. The Morgan fingerprint density at radius 1 is 1.38 bits per heavy atom. The summed E-state index contributed by atoms with van der Waals surface area (Å²) in [6.07, 6.45) is 0.755. The maximum atomic E-state index is 15.4. The topological polar surface area (TPSA) is 142 Å². The summed E-state index contributed by atoms with van der Waals surface area (Å²) in [5.74, 6) is -2.55. The third kappa shape index (κ3) is 4.66. The molecule has 2 amide bonds. The maximum absolute atomic E-state index is 15.4. The molecule has 0 saturated carbocycles. The molecule has 0 bridgehead atoms. The number of benzene rings is 1. The number of fused-ring (bicyclic) bond motifs is 1. The van der Waals surface area contributed by atoms with Gasteiger partial charge in [0.1, 0.15) is 23.5 Å². The van der Waals surface area contributed by atoms with Crippen LogP contribution in [0.1, 0.15) is 34.1 Å². The molecule has 174 valence electrons. The highest BCUT2D eigenvalue weighted by Gasteiger charge is 2.38. The van der Waals surface area contributed by atoms with Gasteiger partial charge in [0.15, 0.2) is 11.6 Å². The molecule has 0 unspecified atom stereocenters. The van der Waals surface area contributed by atoms with Gasteiger partial charge in [0.2, 0.25) is 0 Å². The lowest BCUT2D eigenvalue weighted by molar-refractivity contribution is -0.117. The monoisotopic (exact) mass is 469 g/mol. The predicted molar refractivity (Wildman–Crippen MR) is 114 cm³/mol. The van der Waals surface area contributed by atoms with Crippen molar-refractivity contribution in [1.82, 2.24) is 14.7 Å². The van der Waals surface area contributed by atoms with Crippen molar-refractivity contribution in [3.05, 3.63) is 18.1 Å². The maximum Gasteiger partial charge on any atom is 0.415 e. The molecule has 1 aliphatic rings. The van der Waals surface area contributed by atoms with Crippen molar-refractivity contribution in [1.29, 1.82) is 0 Å². The van der Waals surface area contributed by atoms with Crippen LogP contribution < -0.4 is 13.9 Å². The van der Waals surface area contributed by atoms with Gasteiger partial charge >= 0.3 is 16.3 Å². The lowest BCUT2D eigenvalue weighted by Crippen LogP contribution is -2.35. The van der Waals surface area contributed by atoms with Crippen LogP contribution in [-0.4, -0.2) is 54.7 Å². The number of nitrogens with zero attached hydrogens (tertiary/aromatic N) is 4. The van der Waals surface area contributed by atoms with Crippen LogP contribution in [0.2, 0.25) is 0 Å². The van der Waals surface area contributed by atoms with Gasteiger partial charge in [-0.3, -0.25) is 14.7 Å². The van der Waals surface area contributed by atoms with Crippen LogP contribution in [-0.2, 0) is 19.7 Å². The Labute approximate surface area is 184 Å². The molecule has 2 heterocycles. The highest BCUT2D eigenvalue weighted by atomic mass is 32.2. The number of phenols is 1. The fraction of sp³-hybridized carbons (Fsp3) is 0.474. The fourth-order valence-electron chi connectivity index (χ4n) is 3.04. The van der Waals surface area contributed by atoms with E-state index in [0.29, 0.717) is 10.7 Å². The molecule has 2 N–H and O–H groups in total. The van der Waals surface area contributed by atoms with Crippen LogP contribution in [0, 0.1) is 11.7 Å². The minimum Gasteiger partial charge on any atom is -0.506 e. The number of nitrogens with one attached hydrogen (secondary N) is 1. The summed E-state index contributed by atoms with van der Waals surface area (Å²) in [6.45, 7) is 6.84. The number of halogens is 1. The van der Waals surface area contributed by atoms with Crippen LogP contribution in [0.3, 0.4) is 0 Å². The number of amides is 2. The van der Waals surface area contributed by atoms with Crippen LogP contribution in [0.5, 0.6) is 5.75 Å². The first-order valence-electron chi connectivity index (χ1n) is 9.90. The van der Waals surface area contributed by atoms with Crippen molar-refractivity contribution in [2.24, 2.45) is 5.92 Å². The Balaban J connectivity index is 2.11. The first-order chi connectivity index (χ1) is 14.9. The van der Waals surface area contributed by atoms with Gasteiger partial charge in [0.05, 0.1) is 17.8 Å². The van der Waals surface area contributed by atoms with Crippen molar-refractivity contribution < 1.29 is 32.2 Å². The molecule has 13 heteroatoms. The average Bonchev–Trinajstić information content (AvgIpc) is 2.93.